The number of aromatic nitrogens is 1. The van der Waals surface area contributed by atoms with Crippen LogP contribution < -0.4 is 15.6 Å². The van der Waals surface area contributed by atoms with E-state index in [1.807, 2.05) is 13.0 Å². The molecule has 15 heteroatoms. The first-order valence-corrected chi connectivity index (χ1v) is 17.2. The molecule has 6 rings (SSSR count). The molecule has 1 N–H and O–H groups in total. The maximum absolute atomic E-state index is 16.1. The number of likely N-dealkylation sites (tertiary alicyclic amines) is 1. The number of nitrogens with one attached hydrogen (secondary N) is 1. The van der Waals surface area contributed by atoms with Crippen LogP contribution in [0.4, 0.5) is 30.7 Å². The lowest BCUT2D eigenvalue weighted by molar-refractivity contribution is -0.144. The molecular weight excluding hydrogens is 723 g/mol. The van der Waals surface area contributed by atoms with Crippen LogP contribution in [0.15, 0.2) is 65.6 Å². The first kappa shape index (κ1) is 38.5. The molecule has 286 valence electrons. The Balaban J connectivity index is 1.55. The number of alkyl halides is 5. The molecule has 3 heterocycles. The highest BCUT2D eigenvalue weighted by molar-refractivity contribution is 5.85. The van der Waals surface area contributed by atoms with Gasteiger partial charge in [-0.2, -0.15) is 13.2 Å². The lowest BCUT2D eigenvalue weighted by Gasteiger charge is -2.38. The van der Waals surface area contributed by atoms with Gasteiger partial charge in [0.15, 0.2) is 0 Å². The molecule has 1 saturated heterocycles. The Bertz CT molecular complexity index is 2160. The van der Waals surface area contributed by atoms with Crippen molar-refractivity contribution < 1.29 is 49.8 Å². The summed E-state index contributed by atoms with van der Waals surface area (Å²) < 4.78 is 114. The molecule has 54 heavy (non-hydrogen) atoms. The minimum absolute atomic E-state index is 0.0512. The van der Waals surface area contributed by atoms with Gasteiger partial charge in [0, 0.05) is 35.5 Å². The summed E-state index contributed by atoms with van der Waals surface area (Å²) in [6.45, 7) is 3.06. The van der Waals surface area contributed by atoms with Crippen LogP contribution in [0.1, 0.15) is 64.4 Å². The lowest BCUT2D eigenvalue weighted by Crippen LogP contribution is -2.56. The van der Waals surface area contributed by atoms with Crippen LogP contribution in [-0.2, 0) is 33.5 Å². The zero-order valence-electron chi connectivity index (χ0n) is 29.5. The first-order valence-electron chi connectivity index (χ1n) is 17.2. The number of pyridine rings is 1. The van der Waals surface area contributed by atoms with Gasteiger partial charge in [0.2, 0.25) is 5.91 Å². The van der Waals surface area contributed by atoms with E-state index in [1.54, 1.807) is 25.1 Å². The van der Waals surface area contributed by atoms with Gasteiger partial charge < -0.3 is 14.8 Å². The number of esters is 1. The Hall–Kier alpha value is -5.18. The van der Waals surface area contributed by atoms with Crippen molar-refractivity contribution in [1.29, 1.82) is 0 Å². The molecule has 1 aromatic heterocycles. The van der Waals surface area contributed by atoms with E-state index in [4.69, 9.17) is 9.47 Å². The van der Waals surface area contributed by atoms with Crippen molar-refractivity contribution in [3.05, 3.63) is 122 Å². The van der Waals surface area contributed by atoms with E-state index in [1.165, 1.54) is 30.0 Å². The number of ether oxygens (including phenoxy) is 2. The molecule has 0 spiro atoms. The molecule has 4 bridgehead atoms. The van der Waals surface area contributed by atoms with Gasteiger partial charge in [-0.1, -0.05) is 18.2 Å². The van der Waals surface area contributed by atoms with E-state index >= 15 is 8.78 Å². The number of hydrogen-bond donors (Lipinski definition) is 1. The highest BCUT2D eigenvalue weighted by atomic mass is 19.4. The summed E-state index contributed by atoms with van der Waals surface area (Å²) in [6, 6.07) is 8.67. The van der Waals surface area contributed by atoms with Gasteiger partial charge in [-0.3, -0.25) is 23.9 Å². The molecule has 2 atom stereocenters. The van der Waals surface area contributed by atoms with Crippen molar-refractivity contribution >= 4 is 11.9 Å². The lowest BCUT2D eigenvalue weighted by atomic mass is 9.91. The van der Waals surface area contributed by atoms with E-state index in [9.17, 15) is 36.3 Å². The zero-order chi connectivity index (χ0) is 39.1. The second-order valence-corrected chi connectivity index (χ2v) is 13.5. The van der Waals surface area contributed by atoms with Gasteiger partial charge in [-0.15, -0.1) is 0 Å². The molecule has 3 aromatic carbocycles. The Morgan fingerprint density at radius 1 is 1.00 bits per heavy atom. The summed E-state index contributed by atoms with van der Waals surface area (Å²) in [4.78, 5) is 42.3. The van der Waals surface area contributed by atoms with E-state index in [0.29, 0.717) is 27.0 Å². The number of rotatable bonds is 7. The molecule has 0 unspecified atom stereocenters. The Labute approximate surface area is 305 Å². The standard InChI is InChI=1S/C39H36F7N3O5/c1-4-53-33(51)16-30-27-14-25(12-22(3)35(27)41)34-21(2)6-5-7-31(34)54-18-23-8-9-29(40)26(13-23)36(37(52)47-30)49-17-24(10-11-48-19-38(42,43)20-48)28(15-32(49)50)39(44,45)46/h5-9,12-15,17,30,36H,4,10-11,16,18-20H2,1-3H3,(H,47,52)/t30-,36-/m0/s1. The topological polar surface area (TPSA) is 89.9 Å². The van der Waals surface area contributed by atoms with E-state index < -0.39 is 95.9 Å². The fraction of sp³-hybridized carbons (Fsp3) is 0.359. The number of benzene rings is 3. The van der Waals surface area contributed by atoms with Crippen molar-refractivity contribution in [3.63, 3.8) is 0 Å². The predicted octanol–water partition coefficient (Wildman–Crippen LogP) is 7.22. The molecule has 0 aliphatic carbocycles. The van der Waals surface area contributed by atoms with Crippen LogP contribution in [0.25, 0.3) is 11.1 Å². The molecule has 2 aliphatic rings. The Kier molecular flexibility index (Phi) is 10.6. The first-order chi connectivity index (χ1) is 25.5. The van der Waals surface area contributed by atoms with E-state index in [2.05, 4.69) is 5.32 Å². The SMILES string of the molecule is CCOC(=O)C[C@@H]1NC(=O)[C@@H](n2cc(CCN3CC(F)(F)C3)c(C(F)(F)F)cc2=O)c2cc(ccc2F)COc2cccc(C)c2-c2cc(C)c(F)c1c2. The van der Waals surface area contributed by atoms with Gasteiger partial charge in [0.1, 0.15) is 30.0 Å². The third-order valence-corrected chi connectivity index (χ3v) is 9.53. The average Bonchev–Trinajstić information content (AvgIpc) is 3.07. The normalized spacial score (nSPS) is 18.4. The van der Waals surface area contributed by atoms with Crippen LogP contribution >= 0.6 is 0 Å². The van der Waals surface area contributed by atoms with Gasteiger partial charge in [0.05, 0.1) is 37.7 Å². The minimum Gasteiger partial charge on any atom is -0.488 e. The maximum Gasteiger partial charge on any atom is 0.416 e. The highest BCUT2D eigenvalue weighted by Gasteiger charge is 2.44. The number of amides is 1. The quantitative estimate of drug-likeness (QED) is 0.158. The molecule has 8 nitrogen and oxygen atoms in total. The van der Waals surface area contributed by atoms with Gasteiger partial charge in [0.25, 0.3) is 11.5 Å². The van der Waals surface area contributed by atoms with E-state index in [-0.39, 0.29) is 37.0 Å². The monoisotopic (exact) mass is 759 g/mol. The van der Waals surface area contributed by atoms with Crippen LogP contribution in [0, 0.1) is 25.5 Å². The van der Waals surface area contributed by atoms with Crippen molar-refractivity contribution in [2.45, 2.75) is 64.4 Å². The minimum atomic E-state index is -5.04. The molecule has 1 fully saturated rings. The second-order valence-electron chi connectivity index (χ2n) is 13.5. The van der Waals surface area contributed by atoms with Crippen LogP contribution in [0.2, 0.25) is 0 Å². The van der Waals surface area contributed by atoms with Crippen LogP contribution in [0.3, 0.4) is 0 Å². The molecule has 0 radical (unpaired) electrons. The molecular formula is C39H36F7N3O5. The maximum atomic E-state index is 16.1. The van der Waals surface area contributed by atoms with Gasteiger partial charge >= 0.3 is 12.1 Å². The number of fused-ring (bicyclic) bond motifs is 6. The fourth-order valence-electron chi connectivity index (χ4n) is 6.97. The number of aryl methyl sites for hydroxylation is 2. The number of hydrogen-bond acceptors (Lipinski definition) is 6. The number of carbonyl (C=O) groups is 2. The molecule has 2 aliphatic heterocycles. The number of nitrogens with zero attached hydrogens (tertiary/aromatic N) is 2. The Morgan fingerprint density at radius 2 is 1.74 bits per heavy atom. The number of carbonyl (C=O) groups excluding carboxylic acids is 2. The fourth-order valence-corrected chi connectivity index (χ4v) is 6.97. The van der Waals surface area contributed by atoms with Crippen LogP contribution in [0.5, 0.6) is 5.75 Å². The summed E-state index contributed by atoms with van der Waals surface area (Å²) in [6.07, 6.45) is -5.33. The summed E-state index contributed by atoms with van der Waals surface area (Å²) in [5.74, 6) is -6.40. The Morgan fingerprint density at radius 3 is 2.43 bits per heavy atom. The third kappa shape index (κ3) is 8.00. The predicted molar refractivity (Wildman–Crippen MR) is 183 cm³/mol. The van der Waals surface area contributed by atoms with Crippen molar-refractivity contribution in [1.82, 2.24) is 14.8 Å². The third-order valence-electron chi connectivity index (χ3n) is 9.53. The summed E-state index contributed by atoms with van der Waals surface area (Å²) in [5, 5.41) is 2.58. The van der Waals surface area contributed by atoms with Crippen molar-refractivity contribution in [2.24, 2.45) is 0 Å². The smallest absolute Gasteiger partial charge is 0.416 e. The summed E-state index contributed by atoms with van der Waals surface area (Å²) >= 11 is 0. The average molecular weight is 760 g/mol. The van der Waals surface area contributed by atoms with Gasteiger partial charge in [-0.25, -0.2) is 17.6 Å². The largest absolute Gasteiger partial charge is 0.488 e. The summed E-state index contributed by atoms with van der Waals surface area (Å²) in [5.41, 5.74) is -1.49. The second kappa shape index (κ2) is 14.9. The molecule has 1 amide bonds. The van der Waals surface area contributed by atoms with Gasteiger partial charge in [-0.05, 0) is 85.3 Å². The number of halogens is 7. The van der Waals surface area contributed by atoms with Crippen molar-refractivity contribution in [2.75, 3.05) is 26.2 Å². The molecule has 4 aromatic rings. The molecule has 0 saturated carbocycles. The van der Waals surface area contributed by atoms with Crippen molar-refractivity contribution in [3.8, 4) is 16.9 Å². The summed E-state index contributed by atoms with van der Waals surface area (Å²) in [7, 11) is 0. The highest BCUT2D eigenvalue weighted by Crippen LogP contribution is 2.39. The zero-order valence-corrected chi connectivity index (χ0v) is 29.5. The van der Waals surface area contributed by atoms with Crippen LogP contribution in [-0.4, -0.2) is 53.5 Å². The van der Waals surface area contributed by atoms with E-state index in [0.717, 1.165) is 17.8 Å².